The van der Waals surface area contributed by atoms with Crippen LogP contribution in [-0.2, 0) is 19.0 Å². The summed E-state index contributed by atoms with van der Waals surface area (Å²) in [5.74, 6) is -0.216. The molecule has 1 rings (SSSR count). The van der Waals surface area contributed by atoms with Crippen LogP contribution < -0.4 is 0 Å². The average Bonchev–Trinajstić information content (AvgIpc) is 2.93. The number of carbonyl (C=O) groups is 1. The number of carbonyl (C=O) groups excluding carboxylic acids is 1. The lowest BCUT2D eigenvalue weighted by Crippen LogP contribution is -2.29. The smallest absolute Gasteiger partial charge is 0.311 e. The normalized spacial score (nSPS) is 17.7. The topological polar surface area (TPSA) is 85.2 Å². The zero-order valence-electron chi connectivity index (χ0n) is 14.7. The van der Waals surface area contributed by atoms with E-state index in [1.807, 2.05) is 20.8 Å². The van der Waals surface area contributed by atoms with Gasteiger partial charge in [-0.15, -0.1) is 0 Å². The lowest BCUT2D eigenvalue weighted by molar-refractivity contribution is -0.158. The summed E-state index contributed by atoms with van der Waals surface area (Å²) in [6, 6.07) is 0. The molecule has 136 valence electrons. The molecule has 0 radical (unpaired) electrons. The molecule has 6 heteroatoms. The molecule has 0 bridgehead atoms. The van der Waals surface area contributed by atoms with E-state index in [2.05, 4.69) is 0 Å². The zero-order valence-corrected chi connectivity index (χ0v) is 14.7. The molecule has 0 aromatic rings. The van der Waals surface area contributed by atoms with Crippen molar-refractivity contribution in [3.63, 3.8) is 0 Å². The molecular weight excluding hydrogens is 300 g/mol. The molecule has 0 saturated heterocycles. The maximum absolute atomic E-state index is 11.7. The Balaban J connectivity index is 2.12. The highest BCUT2D eigenvalue weighted by molar-refractivity contribution is 5.75. The van der Waals surface area contributed by atoms with Crippen molar-refractivity contribution in [3.8, 4) is 0 Å². The van der Waals surface area contributed by atoms with Crippen molar-refractivity contribution in [2.75, 3.05) is 26.6 Å². The molecule has 0 aromatic carbocycles. The fourth-order valence-corrected chi connectivity index (χ4v) is 2.83. The Labute approximate surface area is 139 Å². The first-order valence-electron chi connectivity index (χ1n) is 8.50. The van der Waals surface area contributed by atoms with Gasteiger partial charge in [0.15, 0.2) is 6.29 Å². The minimum absolute atomic E-state index is 0.123. The standard InChI is InChI=1S/C17H32O6/c1-4-16(2,3)15(20)23-10-9-21-13-22-12-17(11-14(18)19)7-5-6-8-17/h14,18-19H,4-13H2,1-3H3. The fraction of sp³-hybridized carbons (Fsp3) is 0.941. The summed E-state index contributed by atoms with van der Waals surface area (Å²) >= 11 is 0. The third-order valence-electron chi connectivity index (χ3n) is 4.75. The van der Waals surface area contributed by atoms with Gasteiger partial charge < -0.3 is 24.4 Å². The summed E-state index contributed by atoms with van der Waals surface area (Å²) in [6.07, 6.45) is 3.88. The van der Waals surface area contributed by atoms with Gasteiger partial charge in [-0.1, -0.05) is 19.8 Å². The lowest BCUT2D eigenvalue weighted by Gasteiger charge is -2.29. The predicted molar refractivity (Wildman–Crippen MR) is 85.5 cm³/mol. The zero-order chi connectivity index (χ0) is 17.3. The molecule has 0 heterocycles. The Bertz CT molecular complexity index is 347. The predicted octanol–water partition coefficient (Wildman–Crippen LogP) is 2.22. The molecule has 1 aliphatic carbocycles. The molecule has 1 fully saturated rings. The number of hydrogen-bond acceptors (Lipinski definition) is 6. The van der Waals surface area contributed by atoms with Crippen LogP contribution in [-0.4, -0.2) is 49.1 Å². The van der Waals surface area contributed by atoms with Gasteiger partial charge >= 0.3 is 5.97 Å². The highest BCUT2D eigenvalue weighted by Crippen LogP contribution is 2.41. The van der Waals surface area contributed by atoms with E-state index in [0.717, 1.165) is 32.1 Å². The minimum atomic E-state index is -1.29. The molecule has 1 saturated carbocycles. The molecule has 0 unspecified atom stereocenters. The fourth-order valence-electron chi connectivity index (χ4n) is 2.83. The van der Waals surface area contributed by atoms with Gasteiger partial charge in [-0.2, -0.15) is 0 Å². The van der Waals surface area contributed by atoms with Gasteiger partial charge in [0.25, 0.3) is 0 Å². The van der Waals surface area contributed by atoms with Crippen molar-refractivity contribution in [2.24, 2.45) is 10.8 Å². The van der Waals surface area contributed by atoms with Crippen molar-refractivity contribution in [3.05, 3.63) is 0 Å². The van der Waals surface area contributed by atoms with Crippen LogP contribution in [0.15, 0.2) is 0 Å². The van der Waals surface area contributed by atoms with Gasteiger partial charge in [0.2, 0.25) is 0 Å². The first kappa shape index (κ1) is 20.4. The second kappa shape index (κ2) is 9.57. The molecule has 0 amide bonds. The van der Waals surface area contributed by atoms with Crippen molar-refractivity contribution in [2.45, 2.75) is 65.6 Å². The van der Waals surface area contributed by atoms with E-state index in [1.54, 1.807) is 0 Å². The Hall–Kier alpha value is -0.690. The minimum Gasteiger partial charge on any atom is -0.463 e. The highest BCUT2D eigenvalue weighted by atomic mass is 16.7. The van der Waals surface area contributed by atoms with E-state index in [0.29, 0.717) is 19.6 Å². The molecule has 0 atom stereocenters. The van der Waals surface area contributed by atoms with Crippen LogP contribution in [0.1, 0.15) is 59.3 Å². The maximum atomic E-state index is 11.7. The number of rotatable bonds is 11. The molecule has 23 heavy (non-hydrogen) atoms. The number of hydrogen-bond donors (Lipinski definition) is 2. The third kappa shape index (κ3) is 7.16. The van der Waals surface area contributed by atoms with Crippen molar-refractivity contribution in [1.82, 2.24) is 0 Å². The van der Waals surface area contributed by atoms with E-state index >= 15 is 0 Å². The van der Waals surface area contributed by atoms with E-state index < -0.39 is 11.7 Å². The molecule has 6 nitrogen and oxygen atoms in total. The van der Waals surface area contributed by atoms with Crippen LogP contribution in [0, 0.1) is 10.8 Å². The van der Waals surface area contributed by atoms with Crippen LogP contribution in [0.25, 0.3) is 0 Å². The van der Waals surface area contributed by atoms with Gasteiger partial charge in [-0.3, -0.25) is 4.79 Å². The van der Waals surface area contributed by atoms with Crippen LogP contribution >= 0.6 is 0 Å². The molecule has 1 aliphatic rings. The van der Waals surface area contributed by atoms with E-state index in [-0.39, 0.29) is 24.8 Å². The molecular formula is C17H32O6. The van der Waals surface area contributed by atoms with Crippen LogP contribution in [0.4, 0.5) is 0 Å². The number of aliphatic hydroxyl groups excluding tert-OH is 1. The molecule has 0 spiro atoms. The number of esters is 1. The van der Waals surface area contributed by atoms with Crippen LogP contribution in [0.3, 0.4) is 0 Å². The van der Waals surface area contributed by atoms with Crippen LogP contribution in [0.2, 0.25) is 0 Å². The lowest BCUT2D eigenvalue weighted by atomic mass is 9.83. The van der Waals surface area contributed by atoms with Crippen molar-refractivity contribution < 1.29 is 29.2 Å². The second-order valence-corrected chi connectivity index (χ2v) is 7.14. The molecule has 2 N–H and O–H groups in total. The van der Waals surface area contributed by atoms with Gasteiger partial charge in [0, 0.05) is 6.42 Å². The van der Waals surface area contributed by atoms with E-state index in [9.17, 15) is 15.0 Å². The Morgan fingerprint density at radius 2 is 1.83 bits per heavy atom. The summed E-state index contributed by atoms with van der Waals surface area (Å²) in [6.45, 7) is 6.76. The summed E-state index contributed by atoms with van der Waals surface area (Å²) in [5.41, 5.74) is -0.606. The maximum Gasteiger partial charge on any atom is 0.311 e. The largest absolute Gasteiger partial charge is 0.463 e. The quantitative estimate of drug-likeness (QED) is 0.343. The van der Waals surface area contributed by atoms with Gasteiger partial charge in [0.1, 0.15) is 13.4 Å². The summed E-state index contributed by atoms with van der Waals surface area (Å²) in [4.78, 5) is 11.7. The van der Waals surface area contributed by atoms with E-state index in [4.69, 9.17) is 14.2 Å². The number of aliphatic hydroxyl groups is 2. The van der Waals surface area contributed by atoms with Gasteiger partial charge in [0.05, 0.1) is 18.6 Å². The molecule has 0 aromatic heterocycles. The van der Waals surface area contributed by atoms with Crippen molar-refractivity contribution >= 4 is 5.97 Å². The Kier molecular flexibility index (Phi) is 8.47. The SMILES string of the molecule is CCC(C)(C)C(=O)OCCOCOCC1(CC(O)O)CCCC1. The van der Waals surface area contributed by atoms with E-state index in [1.165, 1.54) is 0 Å². The van der Waals surface area contributed by atoms with Gasteiger partial charge in [-0.25, -0.2) is 0 Å². The monoisotopic (exact) mass is 332 g/mol. The number of ether oxygens (including phenoxy) is 3. The van der Waals surface area contributed by atoms with Gasteiger partial charge in [-0.05, 0) is 38.5 Å². The summed E-state index contributed by atoms with van der Waals surface area (Å²) in [5, 5.41) is 18.4. The highest BCUT2D eigenvalue weighted by Gasteiger charge is 2.35. The molecule has 0 aliphatic heterocycles. The average molecular weight is 332 g/mol. The first-order valence-corrected chi connectivity index (χ1v) is 8.50. The Morgan fingerprint density at radius 3 is 2.39 bits per heavy atom. The first-order chi connectivity index (χ1) is 10.8. The van der Waals surface area contributed by atoms with Crippen molar-refractivity contribution in [1.29, 1.82) is 0 Å². The summed E-state index contributed by atoms with van der Waals surface area (Å²) < 4.78 is 16.0. The van der Waals surface area contributed by atoms with Crippen LogP contribution in [0.5, 0.6) is 0 Å². The third-order valence-corrected chi connectivity index (χ3v) is 4.75. The Morgan fingerprint density at radius 1 is 1.17 bits per heavy atom. The summed E-state index contributed by atoms with van der Waals surface area (Å²) in [7, 11) is 0. The second-order valence-electron chi connectivity index (χ2n) is 7.14.